The summed E-state index contributed by atoms with van der Waals surface area (Å²) in [5, 5.41) is 12.2. The Hall–Kier alpha value is -3.98. The van der Waals surface area contributed by atoms with Crippen LogP contribution in [0.4, 0.5) is 5.69 Å². The Morgan fingerprint density at radius 1 is 1.00 bits per heavy atom. The van der Waals surface area contributed by atoms with Gasteiger partial charge in [0.1, 0.15) is 18.1 Å². The zero-order valence-electron chi connectivity index (χ0n) is 17.5. The molecule has 0 spiro atoms. The smallest absolute Gasteiger partial charge is 0.332 e. The maximum Gasteiger partial charge on any atom is 0.332 e. The van der Waals surface area contributed by atoms with E-state index < -0.39 is 12.0 Å². The summed E-state index contributed by atoms with van der Waals surface area (Å²) in [4.78, 5) is 12.6. The molecule has 0 heterocycles. The molecule has 6 heteroatoms. The van der Waals surface area contributed by atoms with Crippen molar-refractivity contribution in [2.45, 2.75) is 19.6 Å². The number of hydrogen-bond acceptors (Lipinski definition) is 6. The van der Waals surface area contributed by atoms with E-state index >= 15 is 0 Å². The normalized spacial score (nSPS) is 11.1. The number of benzene rings is 3. The average molecular weight is 416 g/mol. The van der Waals surface area contributed by atoms with Crippen molar-refractivity contribution in [1.29, 1.82) is 5.26 Å². The van der Waals surface area contributed by atoms with Gasteiger partial charge >= 0.3 is 5.97 Å². The van der Waals surface area contributed by atoms with E-state index in [1.165, 1.54) is 7.11 Å². The van der Waals surface area contributed by atoms with Gasteiger partial charge in [0, 0.05) is 11.8 Å². The van der Waals surface area contributed by atoms with E-state index in [2.05, 4.69) is 11.4 Å². The molecule has 3 aromatic carbocycles. The summed E-state index contributed by atoms with van der Waals surface area (Å²) >= 11 is 0. The van der Waals surface area contributed by atoms with Gasteiger partial charge < -0.3 is 19.5 Å². The van der Waals surface area contributed by atoms with Crippen LogP contribution >= 0.6 is 0 Å². The third-order valence-corrected chi connectivity index (χ3v) is 4.56. The molecule has 0 aliphatic carbocycles. The molecule has 3 rings (SSSR count). The minimum Gasteiger partial charge on any atom is -0.494 e. The maximum atomic E-state index is 12.6. The van der Waals surface area contributed by atoms with E-state index in [9.17, 15) is 4.79 Å². The topological polar surface area (TPSA) is 80.6 Å². The highest BCUT2D eigenvalue weighted by molar-refractivity contribution is 5.81. The van der Waals surface area contributed by atoms with Crippen LogP contribution in [0.2, 0.25) is 0 Å². The molecule has 1 unspecified atom stereocenters. The quantitative estimate of drug-likeness (QED) is 0.502. The number of anilines is 1. The fourth-order valence-electron chi connectivity index (χ4n) is 3.04. The number of rotatable bonds is 9. The van der Waals surface area contributed by atoms with Crippen LogP contribution < -0.4 is 14.8 Å². The van der Waals surface area contributed by atoms with Gasteiger partial charge in [0.15, 0.2) is 6.04 Å². The molecular weight excluding hydrogens is 392 g/mol. The second-order valence-electron chi connectivity index (χ2n) is 6.73. The number of carbonyl (C=O) groups excluding carboxylic acids is 1. The lowest BCUT2D eigenvalue weighted by Gasteiger charge is -2.20. The van der Waals surface area contributed by atoms with Crippen molar-refractivity contribution in [2.24, 2.45) is 0 Å². The van der Waals surface area contributed by atoms with E-state index in [0.29, 0.717) is 41.5 Å². The first kappa shape index (κ1) is 21.7. The summed E-state index contributed by atoms with van der Waals surface area (Å²) in [6.45, 7) is 2.76. The third kappa shape index (κ3) is 6.00. The molecule has 0 amide bonds. The highest BCUT2D eigenvalue weighted by Gasteiger charge is 2.23. The van der Waals surface area contributed by atoms with Crippen molar-refractivity contribution < 1.29 is 19.0 Å². The second kappa shape index (κ2) is 10.7. The predicted octanol–water partition coefficient (Wildman–Crippen LogP) is 4.86. The molecule has 0 saturated carbocycles. The molecule has 3 aromatic rings. The summed E-state index contributed by atoms with van der Waals surface area (Å²) < 4.78 is 16.7. The molecule has 0 bridgehead atoms. The van der Waals surface area contributed by atoms with Gasteiger partial charge in [0.25, 0.3) is 0 Å². The lowest BCUT2D eigenvalue weighted by molar-refractivity contribution is -0.141. The van der Waals surface area contributed by atoms with E-state index in [4.69, 9.17) is 19.5 Å². The number of hydrogen-bond donors (Lipinski definition) is 1. The summed E-state index contributed by atoms with van der Waals surface area (Å²) in [6, 6.07) is 23.4. The van der Waals surface area contributed by atoms with Gasteiger partial charge in [-0.1, -0.05) is 30.3 Å². The Balaban J connectivity index is 1.89. The van der Waals surface area contributed by atoms with Crippen molar-refractivity contribution in [1.82, 2.24) is 0 Å². The van der Waals surface area contributed by atoms with Crippen LogP contribution in [0.5, 0.6) is 11.5 Å². The van der Waals surface area contributed by atoms with Gasteiger partial charge in [-0.05, 0) is 54.4 Å². The molecule has 0 fully saturated rings. The third-order valence-electron chi connectivity index (χ3n) is 4.56. The molecule has 0 aliphatic rings. The van der Waals surface area contributed by atoms with Crippen molar-refractivity contribution in [3.05, 3.63) is 89.5 Å². The fourth-order valence-corrected chi connectivity index (χ4v) is 3.04. The van der Waals surface area contributed by atoms with Crippen molar-refractivity contribution in [2.75, 3.05) is 19.0 Å². The standard InChI is InChI=1S/C25H24N2O4/c1-3-30-22-13-20(14-23(15-22)31-17-19-7-5-4-6-8-19)24(25(28)29-2)27-21-11-9-18(16-26)10-12-21/h4-15,24,27H,3,17H2,1-2H3. The zero-order chi connectivity index (χ0) is 22.1. The minimum absolute atomic E-state index is 0.391. The van der Waals surface area contributed by atoms with Crippen molar-refractivity contribution in [3.8, 4) is 17.6 Å². The van der Waals surface area contributed by atoms with E-state index in [0.717, 1.165) is 5.56 Å². The lowest BCUT2D eigenvalue weighted by Crippen LogP contribution is -2.22. The van der Waals surface area contributed by atoms with Crippen molar-refractivity contribution >= 4 is 11.7 Å². The van der Waals surface area contributed by atoms with Crippen LogP contribution in [0.15, 0.2) is 72.8 Å². The molecule has 1 atom stereocenters. The predicted molar refractivity (Wildman–Crippen MR) is 118 cm³/mol. The lowest BCUT2D eigenvalue weighted by atomic mass is 10.1. The molecule has 6 nitrogen and oxygen atoms in total. The van der Waals surface area contributed by atoms with Gasteiger partial charge in [0.05, 0.1) is 25.3 Å². The maximum absolute atomic E-state index is 12.6. The Morgan fingerprint density at radius 3 is 2.29 bits per heavy atom. The van der Waals surface area contributed by atoms with E-state index in [1.54, 1.807) is 42.5 Å². The summed E-state index contributed by atoms with van der Waals surface area (Å²) in [5.41, 5.74) is 2.90. The Bertz CT molecular complexity index is 1040. The Kier molecular flexibility index (Phi) is 7.50. The van der Waals surface area contributed by atoms with E-state index in [1.807, 2.05) is 37.3 Å². The number of esters is 1. The van der Waals surface area contributed by atoms with Gasteiger partial charge in [-0.3, -0.25) is 0 Å². The molecule has 31 heavy (non-hydrogen) atoms. The molecule has 158 valence electrons. The monoisotopic (exact) mass is 416 g/mol. The van der Waals surface area contributed by atoms with Crippen LogP contribution in [0, 0.1) is 11.3 Å². The summed E-state index contributed by atoms with van der Waals surface area (Å²) in [7, 11) is 1.34. The average Bonchev–Trinajstić information content (AvgIpc) is 2.82. The number of nitriles is 1. The minimum atomic E-state index is -0.780. The number of carbonyl (C=O) groups is 1. The molecule has 1 N–H and O–H groups in total. The number of ether oxygens (including phenoxy) is 3. The molecule has 0 radical (unpaired) electrons. The largest absolute Gasteiger partial charge is 0.494 e. The van der Waals surface area contributed by atoms with Crippen LogP contribution in [0.1, 0.15) is 29.7 Å². The SMILES string of the molecule is CCOc1cc(OCc2ccccc2)cc(C(Nc2ccc(C#N)cc2)C(=O)OC)c1. The molecule has 0 aromatic heterocycles. The highest BCUT2D eigenvalue weighted by atomic mass is 16.5. The van der Waals surface area contributed by atoms with Crippen LogP contribution in [-0.4, -0.2) is 19.7 Å². The first-order chi connectivity index (χ1) is 15.1. The van der Waals surface area contributed by atoms with Gasteiger partial charge in [-0.15, -0.1) is 0 Å². The summed E-state index contributed by atoms with van der Waals surface area (Å²) in [6.07, 6.45) is 0. The second-order valence-corrected chi connectivity index (χ2v) is 6.73. The van der Waals surface area contributed by atoms with E-state index in [-0.39, 0.29) is 0 Å². The Labute approximate surface area is 182 Å². The van der Waals surface area contributed by atoms with Crippen LogP contribution in [0.25, 0.3) is 0 Å². The molecule has 0 aliphatic heterocycles. The zero-order valence-corrected chi connectivity index (χ0v) is 17.5. The molecule has 0 saturated heterocycles. The van der Waals surface area contributed by atoms with Crippen molar-refractivity contribution in [3.63, 3.8) is 0 Å². The van der Waals surface area contributed by atoms with Crippen LogP contribution in [0.3, 0.4) is 0 Å². The number of nitrogens with one attached hydrogen (secondary N) is 1. The van der Waals surface area contributed by atoms with Crippen LogP contribution in [-0.2, 0) is 16.1 Å². The first-order valence-corrected chi connectivity index (χ1v) is 9.92. The van der Waals surface area contributed by atoms with Gasteiger partial charge in [0.2, 0.25) is 0 Å². The number of methoxy groups -OCH3 is 1. The fraction of sp³-hybridized carbons (Fsp3) is 0.200. The molecular formula is C25H24N2O4. The highest BCUT2D eigenvalue weighted by Crippen LogP contribution is 2.30. The summed E-state index contributed by atoms with van der Waals surface area (Å²) in [5.74, 6) is 0.728. The first-order valence-electron chi connectivity index (χ1n) is 9.92. The Morgan fingerprint density at radius 2 is 1.68 bits per heavy atom. The van der Waals surface area contributed by atoms with Gasteiger partial charge in [-0.2, -0.15) is 5.26 Å². The number of nitrogens with zero attached hydrogens (tertiary/aromatic N) is 1. The van der Waals surface area contributed by atoms with Gasteiger partial charge in [-0.25, -0.2) is 4.79 Å².